The topological polar surface area (TPSA) is 80.5 Å². The molecule has 1 amide bonds. The number of hydrogen-bond acceptors (Lipinski definition) is 4. The van der Waals surface area contributed by atoms with E-state index in [9.17, 15) is 13.2 Å². The van der Waals surface area contributed by atoms with E-state index in [0.29, 0.717) is 27.9 Å². The van der Waals surface area contributed by atoms with Gasteiger partial charge in [0.15, 0.2) is 0 Å². The maximum atomic E-state index is 12.5. The molecule has 1 aliphatic heterocycles. The highest BCUT2D eigenvalue weighted by Crippen LogP contribution is 2.33. The number of hydrogen-bond donors (Lipinski definition) is 1. The lowest BCUT2D eigenvalue weighted by Gasteiger charge is -2.16. The minimum Gasteiger partial charge on any atom is -0.307 e. The van der Waals surface area contributed by atoms with Crippen LogP contribution in [0.5, 0.6) is 0 Å². The molecule has 0 fully saturated rings. The highest BCUT2D eigenvalue weighted by molar-refractivity contribution is 7.89. The molecule has 1 aliphatic rings. The number of carbonyl (C=O) groups excluding carboxylic acids is 1. The summed E-state index contributed by atoms with van der Waals surface area (Å²) in [6.07, 6.45) is 0.686. The lowest BCUT2D eigenvalue weighted by molar-refractivity contribution is 0.0993. The van der Waals surface area contributed by atoms with Gasteiger partial charge < -0.3 is 4.90 Å². The van der Waals surface area contributed by atoms with E-state index in [2.05, 4.69) is 0 Å². The SMILES string of the molecule is NS(=O)(=O)c1ccc2c(c1)N(C(=O)c1ccc(Cl)s1)CC2. The summed E-state index contributed by atoms with van der Waals surface area (Å²) in [7, 11) is -3.79. The second-order valence-corrected chi connectivity index (χ2v) is 7.92. The number of fused-ring (bicyclic) bond motifs is 1. The molecular weight excluding hydrogens is 332 g/mol. The van der Waals surface area contributed by atoms with Crippen LogP contribution in [0, 0.1) is 0 Å². The molecule has 0 aliphatic carbocycles. The summed E-state index contributed by atoms with van der Waals surface area (Å²) in [5.74, 6) is -0.183. The van der Waals surface area contributed by atoms with Crippen molar-refractivity contribution < 1.29 is 13.2 Å². The van der Waals surface area contributed by atoms with Crippen LogP contribution in [0.25, 0.3) is 0 Å². The number of benzene rings is 1. The molecule has 1 aromatic carbocycles. The summed E-state index contributed by atoms with van der Waals surface area (Å²) >= 11 is 7.05. The molecule has 3 rings (SSSR count). The number of thiophene rings is 1. The normalized spacial score (nSPS) is 14.3. The largest absolute Gasteiger partial charge is 0.307 e. The van der Waals surface area contributed by atoms with Gasteiger partial charge in [-0.05, 0) is 36.2 Å². The van der Waals surface area contributed by atoms with Crippen LogP contribution in [0.4, 0.5) is 5.69 Å². The van der Waals surface area contributed by atoms with E-state index >= 15 is 0 Å². The summed E-state index contributed by atoms with van der Waals surface area (Å²) in [5.41, 5.74) is 1.52. The van der Waals surface area contributed by atoms with E-state index in [-0.39, 0.29) is 10.8 Å². The van der Waals surface area contributed by atoms with Gasteiger partial charge in [0.05, 0.1) is 14.1 Å². The first-order valence-corrected chi connectivity index (χ1v) is 8.83. The standard InChI is InChI=1S/C13H11ClN2O3S2/c14-12-4-3-11(20-12)13(17)16-6-5-8-1-2-9(7-10(8)16)21(15,18)19/h1-4,7H,5-6H2,(H2,15,18,19). The second kappa shape index (κ2) is 5.10. The van der Waals surface area contributed by atoms with Gasteiger partial charge in [-0.3, -0.25) is 4.79 Å². The Kier molecular flexibility index (Phi) is 3.53. The van der Waals surface area contributed by atoms with Crippen molar-refractivity contribution in [3.63, 3.8) is 0 Å². The minimum absolute atomic E-state index is 0.00478. The summed E-state index contributed by atoms with van der Waals surface area (Å²) < 4.78 is 23.4. The van der Waals surface area contributed by atoms with Gasteiger partial charge in [0, 0.05) is 12.2 Å². The zero-order valence-corrected chi connectivity index (χ0v) is 13.1. The number of carbonyl (C=O) groups is 1. The van der Waals surface area contributed by atoms with Crippen LogP contribution in [0.1, 0.15) is 15.2 Å². The molecule has 2 heterocycles. The van der Waals surface area contributed by atoms with E-state index in [1.807, 2.05) is 0 Å². The average Bonchev–Trinajstić information content (AvgIpc) is 3.02. The molecule has 0 bridgehead atoms. The van der Waals surface area contributed by atoms with Crippen molar-refractivity contribution in [2.45, 2.75) is 11.3 Å². The van der Waals surface area contributed by atoms with E-state index in [1.165, 1.54) is 23.5 Å². The number of rotatable bonds is 2. The molecule has 0 saturated carbocycles. The molecule has 5 nitrogen and oxygen atoms in total. The van der Waals surface area contributed by atoms with Gasteiger partial charge in [0.2, 0.25) is 10.0 Å². The molecule has 0 radical (unpaired) electrons. The Hall–Kier alpha value is -1.41. The van der Waals surface area contributed by atoms with Crippen molar-refractivity contribution in [1.29, 1.82) is 0 Å². The minimum atomic E-state index is -3.79. The van der Waals surface area contributed by atoms with Gasteiger partial charge in [-0.25, -0.2) is 13.6 Å². The predicted octanol–water partition coefficient (Wildman–Crippen LogP) is 2.25. The van der Waals surface area contributed by atoms with Gasteiger partial charge in [-0.2, -0.15) is 0 Å². The van der Waals surface area contributed by atoms with E-state index in [1.54, 1.807) is 23.1 Å². The molecule has 0 spiro atoms. The van der Waals surface area contributed by atoms with Crippen molar-refractivity contribution in [1.82, 2.24) is 0 Å². The van der Waals surface area contributed by atoms with Gasteiger partial charge in [-0.1, -0.05) is 17.7 Å². The first kappa shape index (κ1) is 14.5. The number of primary sulfonamides is 1. The predicted molar refractivity (Wildman–Crippen MR) is 82.5 cm³/mol. The molecule has 0 atom stereocenters. The summed E-state index contributed by atoms with van der Waals surface area (Å²) in [6, 6.07) is 7.94. The zero-order valence-electron chi connectivity index (χ0n) is 10.7. The van der Waals surface area contributed by atoms with Gasteiger partial charge in [-0.15, -0.1) is 11.3 Å². The Morgan fingerprint density at radius 1 is 1.29 bits per heavy atom. The van der Waals surface area contributed by atoms with E-state index < -0.39 is 10.0 Å². The van der Waals surface area contributed by atoms with Crippen LogP contribution in [-0.4, -0.2) is 20.9 Å². The highest BCUT2D eigenvalue weighted by atomic mass is 35.5. The van der Waals surface area contributed by atoms with E-state index in [4.69, 9.17) is 16.7 Å². The number of amides is 1. The zero-order chi connectivity index (χ0) is 15.2. The molecule has 0 unspecified atom stereocenters. The second-order valence-electron chi connectivity index (χ2n) is 4.65. The quantitative estimate of drug-likeness (QED) is 0.908. The van der Waals surface area contributed by atoms with Gasteiger partial charge in [0.25, 0.3) is 5.91 Å². The third-order valence-electron chi connectivity index (χ3n) is 3.31. The third-order valence-corrected chi connectivity index (χ3v) is 5.44. The lowest BCUT2D eigenvalue weighted by Crippen LogP contribution is -2.28. The van der Waals surface area contributed by atoms with Gasteiger partial charge in [0.1, 0.15) is 0 Å². The molecule has 1 aromatic heterocycles. The lowest BCUT2D eigenvalue weighted by atomic mass is 10.2. The van der Waals surface area contributed by atoms with Crippen molar-refractivity contribution in [3.8, 4) is 0 Å². The Balaban J connectivity index is 2.01. The highest BCUT2D eigenvalue weighted by Gasteiger charge is 2.27. The molecule has 2 N–H and O–H groups in total. The Morgan fingerprint density at radius 2 is 2.05 bits per heavy atom. The first-order chi connectivity index (χ1) is 9.86. The van der Waals surface area contributed by atoms with Crippen LogP contribution >= 0.6 is 22.9 Å². The maximum absolute atomic E-state index is 12.5. The van der Waals surface area contributed by atoms with Crippen LogP contribution in [0.15, 0.2) is 35.2 Å². The fraction of sp³-hybridized carbons (Fsp3) is 0.154. The van der Waals surface area contributed by atoms with Crippen LogP contribution in [0.2, 0.25) is 4.34 Å². The molecule has 21 heavy (non-hydrogen) atoms. The number of anilines is 1. The number of halogens is 1. The monoisotopic (exact) mass is 342 g/mol. The average molecular weight is 343 g/mol. The maximum Gasteiger partial charge on any atom is 0.268 e. The van der Waals surface area contributed by atoms with Crippen molar-refractivity contribution in [2.24, 2.45) is 5.14 Å². The fourth-order valence-corrected chi connectivity index (χ4v) is 3.83. The Bertz CT molecular complexity index is 830. The van der Waals surface area contributed by atoms with Crippen LogP contribution in [-0.2, 0) is 16.4 Å². The number of nitrogens with two attached hydrogens (primary N) is 1. The van der Waals surface area contributed by atoms with Crippen molar-refractivity contribution in [3.05, 3.63) is 45.1 Å². The summed E-state index contributed by atoms with van der Waals surface area (Å²) in [6.45, 7) is 0.512. The molecular formula is C13H11ClN2O3S2. The first-order valence-electron chi connectivity index (χ1n) is 6.09. The fourth-order valence-electron chi connectivity index (χ4n) is 2.31. The summed E-state index contributed by atoms with van der Waals surface area (Å²) in [5, 5.41) is 5.14. The smallest absolute Gasteiger partial charge is 0.268 e. The van der Waals surface area contributed by atoms with Crippen LogP contribution < -0.4 is 10.0 Å². The molecule has 8 heteroatoms. The Morgan fingerprint density at radius 3 is 2.67 bits per heavy atom. The summed E-state index contributed by atoms with van der Waals surface area (Å²) in [4.78, 5) is 14.6. The Labute approximate surface area is 131 Å². The number of sulfonamides is 1. The van der Waals surface area contributed by atoms with Gasteiger partial charge >= 0.3 is 0 Å². The molecule has 0 saturated heterocycles. The number of nitrogens with zero attached hydrogens (tertiary/aromatic N) is 1. The third kappa shape index (κ3) is 2.69. The van der Waals surface area contributed by atoms with Crippen molar-refractivity contribution >= 4 is 44.6 Å². The molecule has 2 aromatic rings. The van der Waals surface area contributed by atoms with Crippen LogP contribution in [0.3, 0.4) is 0 Å². The molecule has 110 valence electrons. The van der Waals surface area contributed by atoms with E-state index in [0.717, 1.165) is 5.56 Å². The van der Waals surface area contributed by atoms with Crippen molar-refractivity contribution in [2.75, 3.05) is 11.4 Å².